The van der Waals surface area contributed by atoms with Crippen LogP contribution in [0.2, 0.25) is 0 Å². The third kappa shape index (κ3) is 8.99. The number of carboxylic acid groups (broad SMARTS) is 1. The third-order valence-electron chi connectivity index (χ3n) is 8.33. The lowest BCUT2D eigenvalue weighted by molar-refractivity contribution is -0.135. The summed E-state index contributed by atoms with van der Waals surface area (Å²) < 4.78 is 17.6. The number of fused-ring (bicyclic) bond motifs is 1. The van der Waals surface area contributed by atoms with Gasteiger partial charge in [0, 0.05) is 13.1 Å². The minimum absolute atomic E-state index is 0.0121. The van der Waals surface area contributed by atoms with E-state index in [0.29, 0.717) is 35.0 Å². The minimum Gasteiger partial charge on any atom is -0.465 e. The lowest BCUT2D eigenvalue weighted by atomic mass is 9.87. The number of hydrogen-bond donors (Lipinski definition) is 1. The number of para-hydroxylation sites is 1. The molecule has 1 atom stereocenters. The normalized spacial score (nSPS) is 14.2. The standard InChI is InChI=1S/C40H44N2O7/c1-27(2)26-47-39(46)41-24-22-29-13-18-34(49-33-19-14-30(15-20-33)40(3,4)5)25-35(29)36(41)37(43)42(38(44)45)23-21-28-11-16-32(17-12-28)48-31-9-7-6-8-10-31/h6-20,25,27,36H,21-24,26H2,1-5H3,(H,44,45)/t36-/m0/s1. The van der Waals surface area contributed by atoms with Crippen molar-refractivity contribution in [2.45, 2.75) is 58.9 Å². The summed E-state index contributed by atoms with van der Waals surface area (Å²) in [6.45, 7) is 10.5. The molecule has 0 spiro atoms. The van der Waals surface area contributed by atoms with Crippen molar-refractivity contribution in [2.75, 3.05) is 19.7 Å². The van der Waals surface area contributed by atoms with Gasteiger partial charge in [-0.05, 0) is 95.0 Å². The average molecular weight is 665 g/mol. The van der Waals surface area contributed by atoms with E-state index >= 15 is 0 Å². The molecule has 0 aliphatic carbocycles. The van der Waals surface area contributed by atoms with Crippen LogP contribution in [-0.4, -0.2) is 52.7 Å². The molecule has 5 rings (SSSR count). The molecule has 0 radical (unpaired) electrons. The van der Waals surface area contributed by atoms with Gasteiger partial charge in [0.2, 0.25) is 0 Å². The number of amides is 3. The molecule has 4 aromatic carbocycles. The Balaban J connectivity index is 1.39. The highest BCUT2D eigenvalue weighted by Gasteiger charge is 2.41. The van der Waals surface area contributed by atoms with Crippen LogP contribution in [0, 0.1) is 5.92 Å². The summed E-state index contributed by atoms with van der Waals surface area (Å²) >= 11 is 0. The van der Waals surface area contributed by atoms with E-state index in [-0.39, 0.29) is 37.5 Å². The fraction of sp³-hybridized carbons (Fsp3) is 0.325. The van der Waals surface area contributed by atoms with Gasteiger partial charge >= 0.3 is 12.2 Å². The molecule has 0 bridgehead atoms. The van der Waals surface area contributed by atoms with Gasteiger partial charge in [-0.15, -0.1) is 0 Å². The van der Waals surface area contributed by atoms with Gasteiger partial charge in [-0.1, -0.05) is 83.1 Å². The highest BCUT2D eigenvalue weighted by Crippen LogP contribution is 2.36. The molecule has 1 aliphatic heterocycles. The Labute approximate surface area is 288 Å². The van der Waals surface area contributed by atoms with Crippen molar-refractivity contribution in [3.63, 3.8) is 0 Å². The summed E-state index contributed by atoms with van der Waals surface area (Å²) in [4.78, 5) is 42.4. The molecule has 1 aliphatic rings. The van der Waals surface area contributed by atoms with E-state index in [1.165, 1.54) is 4.90 Å². The largest absolute Gasteiger partial charge is 0.465 e. The van der Waals surface area contributed by atoms with E-state index in [1.54, 1.807) is 18.2 Å². The van der Waals surface area contributed by atoms with Crippen LogP contribution in [0.3, 0.4) is 0 Å². The molecule has 0 saturated heterocycles. The van der Waals surface area contributed by atoms with Crippen LogP contribution < -0.4 is 9.47 Å². The number of carbonyl (C=O) groups excluding carboxylic acids is 2. The minimum atomic E-state index is -1.40. The number of carbonyl (C=O) groups is 3. The Kier molecular flexibility index (Phi) is 10.9. The summed E-state index contributed by atoms with van der Waals surface area (Å²) in [5.74, 6) is 1.78. The molecule has 9 nitrogen and oxygen atoms in total. The van der Waals surface area contributed by atoms with Gasteiger partial charge in [0.05, 0.1) is 6.61 Å². The molecule has 3 amide bonds. The SMILES string of the molecule is CC(C)COC(=O)N1CCc2ccc(Oc3ccc(C(C)(C)C)cc3)cc2[C@H]1C(=O)N(CCc1ccc(Oc2ccccc2)cc1)C(=O)O. The maximum atomic E-state index is 14.3. The fourth-order valence-corrected chi connectivity index (χ4v) is 5.64. The Morgan fingerprint density at radius 1 is 0.837 bits per heavy atom. The number of ether oxygens (including phenoxy) is 3. The number of rotatable bonds is 10. The first-order valence-corrected chi connectivity index (χ1v) is 16.6. The molecular weight excluding hydrogens is 620 g/mol. The summed E-state index contributed by atoms with van der Waals surface area (Å²) in [6.07, 6.45) is -1.32. The lowest BCUT2D eigenvalue weighted by Gasteiger charge is -2.37. The first-order valence-electron chi connectivity index (χ1n) is 16.6. The molecule has 9 heteroatoms. The zero-order valence-electron chi connectivity index (χ0n) is 28.7. The highest BCUT2D eigenvalue weighted by molar-refractivity contribution is 5.97. The second kappa shape index (κ2) is 15.3. The Morgan fingerprint density at radius 3 is 2.04 bits per heavy atom. The van der Waals surface area contributed by atoms with Crippen LogP contribution in [0.5, 0.6) is 23.0 Å². The smallest absolute Gasteiger partial charge is 0.414 e. The number of benzene rings is 4. The number of nitrogens with zero attached hydrogens (tertiary/aromatic N) is 2. The number of hydrogen-bond acceptors (Lipinski definition) is 6. The van der Waals surface area contributed by atoms with Crippen LogP contribution in [0.1, 0.15) is 62.9 Å². The van der Waals surface area contributed by atoms with Crippen molar-refractivity contribution in [3.8, 4) is 23.0 Å². The monoisotopic (exact) mass is 664 g/mol. The fourth-order valence-electron chi connectivity index (χ4n) is 5.64. The summed E-state index contributed by atoms with van der Waals surface area (Å²) in [5.41, 5.74) is 3.32. The lowest BCUT2D eigenvalue weighted by Crippen LogP contribution is -2.50. The molecule has 0 aromatic heterocycles. The van der Waals surface area contributed by atoms with Crippen LogP contribution in [0.25, 0.3) is 0 Å². The Bertz CT molecular complexity index is 1750. The van der Waals surface area contributed by atoms with E-state index < -0.39 is 24.1 Å². The van der Waals surface area contributed by atoms with Crippen LogP contribution in [0.15, 0.2) is 97.1 Å². The molecule has 1 heterocycles. The van der Waals surface area contributed by atoms with Crippen molar-refractivity contribution in [3.05, 3.63) is 119 Å². The summed E-state index contributed by atoms with van der Waals surface area (Å²) in [7, 11) is 0. The van der Waals surface area contributed by atoms with E-state index in [4.69, 9.17) is 14.2 Å². The van der Waals surface area contributed by atoms with Crippen LogP contribution in [-0.2, 0) is 27.8 Å². The number of imide groups is 1. The summed E-state index contributed by atoms with van der Waals surface area (Å²) in [5, 5.41) is 10.3. The molecule has 49 heavy (non-hydrogen) atoms. The van der Waals surface area contributed by atoms with Crippen LogP contribution >= 0.6 is 0 Å². The quantitative estimate of drug-likeness (QED) is 0.180. The highest BCUT2D eigenvalue weighted by atomic mass is 16.6. The molecule has 0 saturated carbocycles. The third-order valence-corrected chi connectivity index (χ3v) is 8.33. The van der Waals surface area contributed by atoms with Crippen LogP contribution in [0.4, 0.5) is 9.59 Å². The van der Waals surface area contributed by atoms with Gasteiger partial charge in [-0.2, -0.15) is 0 Å². The van der Waals surface area contributed by atoms with Gasteiger partial charge < -0.3 is 19.3 Å². The molecule has 4 aromatic rings. The van der Waals surface area contributed by atoms with E-state index in [1.807, 2.05) is 92.7 Å². The van der Waals surface area contributed by atoms with Gasteiger partial charge in [0.15, 0.2) is 0 Å². The van der Waals surface area contributed by atoms with Crippen molar-refractivity contribution >= 4 is 18.1 Å². The van der Waals surface area contributed by atoms with Crippen molar-refractivity contribution < 1.29 is 33.7 Å². The molecule has 0 unspecified atom stereocenters. The average Bonchev–Trinajstić information content (AvgIpc) is 3.07. The van der Waals surface area contributed by atoms with Gasteiger partial charge in [0.1, 0.15) is 29.0 Å². The van der Waals surface area contributed by atoms with Gasteiger partial charge in [-0.3, -0.25) is 9.69 Å². The van der Waals surface area contributed by atoms with E-state index in [2.05, 4.69) is 20.8 Å². The molecule has 256 valence electrons. The first-order chi connectivity index (χ1) is 23.4. The second-order valence-electron chi connectivity index (χ2n) is 13.6. The zero-order valence-corrected chi connectivity index (χ0v) is 28.7. The Hall–Kier alpha value is -5.31. The van der Waals surface area contributed by atoms with E-state index in [0.717, 1.165) is 21.6 Å². The second-order valence-corrected chi connectivity index (χ2v) is 13.6. The first kappa shape index (κ1) is 35.0. The topological polar surface area (TPSA) is 106 Å². The van der Waals surface area contributed by atoms with E-state index in [9.17, 15) is 19.5 Å². The van der Waals surface area contributed by atoms with Crippen molar-refractivity contribution in [2.24, 2.45) is 5.92 Å². The molecule has 0 fully saturated rings. The predicted molar refractivity (Wildman–Crippen MR) is 187 cm³/mol. The summed E-state index contributed by atoms with van der Waals surface area (Å²) in [6, 6.07) is 28.7. The molecule has 1 N–H and O–H groups in total. The zero-order chi connectivity index (χ0) is 35.1. The molecular formula is C40H44N2O7. The van der Waals surface area contributed by atoms with Crippen molar-refractivity contribution in [1.29, 1.82) is 0 Å². The van der Waals surface area contributed by atoms with Gasteiger partial charge in [-0.25, -0.2) is 14.5 Å². The maximum Gasteiger partial charge on any atom is 0.414 e. The van der Waals surface area contributed by atoms with Crippen molar-refractivity contribution in [1.82, 2.24) is 9.80 Å². The Morgan fingerprint density at radius 2 is 1.43 bits per heavy atom. The predicted octanol–water partition coefficient (Wildman–Crippen LogP) is 9.01. The van der Waals surface area contributed by atoms with Gasteiger partial charge in [0.25, 0.3) is 5.91 Å². The maximum absolute atomic E-state index is 14.3.